The number of aliphatic hydroxyl groups is 2. The summed E-state index contributed by atoms with van der Waals surface area (Å²) in [7, 11) is 0. The van der Waals surface area contributed by atoms with Gasteiger partial charge in [0.25, 0.3) is 0 Å². The number of ether oxygens (including phenoxy) is 1. The number of hydrogen-bond acceptors (Lipinski definition) is 6. The summed E-state index contributed by atoms with van der Waals surface area (Å²) in [6, 6.07) is 1.45. The van der Waals surface area contributed by atoms with Crippen molar-refractivity contribution in [3.8, 4) is 0 Å². The molecule has 2 rings (SSSR count). The molecule has 2 heterocycles. The summed E-state index contributed by atoms with van der Waals surface area (Å²) in [6.07, 6.45) is -0.0436. The summed E-state index contributed by atoms with van der Waals surface area (Å²) in [5.74, 6) is 0.111. The topological polar surface area (TPSA) is 111 Å². The van der Waals surface area contributed by atoms with Crippen LogP contribution in [0.3, 0.4) is 0 Å². The molecule has 17 heavy (non-hydrogen) atoms. The summed E-state index contributed by atoms with van der Waals surface area (Å²) in [6.45, 7) is -0.328. The minimum atomic E-state index is -1.20. The zero-order chi connectivity index (χ0) is 12.6. The average molecular weight is 306 g/mol. The number of nitrogens with zero attached hydrogens (tertiary/aromatic N) is 2. The monoisotopic (exact) mass is 305 g/mol. The van der Waals surface area contributed by atoms with E-state index in [1.807, 2.05) is 0 Å². The van der Waals surface area contributed by atoms with Crippen molar-refractivity contribution >= 4 is 21.7 Å². The van der Waals surface area contributed by atoms with E-state index in [2.05, 4.69) is 20.9 Å². The van der Waals surface area contributed by atoms with Crippen LogP contribution < -0.4 is 11.4 Å². The fraction of sp³-hybridized carbons (Fsp3) is 0.556. The molecule has 1 aliphatic heterocycles. The quantitative estimate of drug-likeness (QED) is 0.603. The predicted molar refractivity (Wildman–Crippen MR) is 62.4 cm³/mol. The molecule has 0 spiro atoms. The summed E-state index contributed by atoms with van der Waals surface area (Å²) in [4.78, 5) is 15.2. The van der Waals surface area contributed by atoms with Gasteiger partial charge in [0.05, 0.1) is 12.7 Å². The van der Waals surface area contributed by atoms with E-state index in [0.717, 1.165) is 0 Å². The summed E-state index contributed by atoms with van der Waals surface area (Å²) in [5.41, 5.74) is 4.79. The van der Waals surface area contributed by atoms with Crippen molar-refractivity contribution in [3.05, 3.63) is 22.7 Å². The first-order chi connectivity index (χ1) is 7.96. The Morgan fingerprint density at radius 3 is 3.00 bits per heavy atom. The molecule has 0 saturated carbocycles. The fourth-order valence-electron chi connectivity index (χ4n) is 1.73. The van der Waals surface area contributed by atoms with Crippen LogP contribution in [0.2, 0.25) is 0 Å². The van der Waals surface area contributed by atoms with Crippen molar-refractivity contribution in [1.29, 1.82) is 0 Å². The van der Waals surface area contributed by atoms with Crippen molar-refractivity contribution in [2.45, 2.75) is 23.3 Å². The molecule has 0 aromatic carbocycles. The molecule has 7 nitrogen and oxygen atoms in total. The molecule has 1 fully saturated rings. The minimum Gasteiger partial charge on any atom is -0.394 e. The molecule has 0 amide bonds. The Morgan fingerprint density at radius 2 is 2.47 bits per heavy atom. The van der Waals surface area contributed by atoms with E-state index in [4.69, 9.17) is 15.6 Å². The Balaban J connectivity index is 2.37. The molecule has 0 unspecified atom stereocenters. The Kier molecular flexibility index (Phi) is 3.21. The number of alkyl halides is 1. The van der Waals surface area contributed by atoms with Gasteiger partial charge in [-0.2, -0.15) is 4.98 Å². The lowest BCUT2D eigenvalue weighted by molar-refractivity contribution is -0.0607. The van der Waals surface area contributed by atoms with Gasteiger partial charge < -0.3 is 20.7 Å². The van der Waals surface area contributed by atoms with Crippen LogP contribution in [0.15, 0.2) is 17.1 Å². The Hall–Kier alpha value is -0.960. The molecule has 0 radical (unpaired) electrons. The normalized spacial score (nSPS) is 32.9. The number of anilines is 1. The lowest BCUT2D eigenvalue weighted by atomic mass is 10.2. The molecule has 3 atom stereocenters. The third-order valence-corrected chi connectivity index (χ3v) is 3.48. The van der Waals surface area contributed by atoms with E-state index < -0.39 is 22.5 Å². The predicted octanol–water partition coefficient (Wildman–Crippen LogP) is -1.03. The second-order valence-electron chi connectivity index (χ2n) is 3.80. The van der Waals surface area contributed by atoms with Crippen LogP contribution in [0.5, 0.6) is 0 Å². The molecule has 94 valence electrons. The van der Waals surface area contributed by atoms with Gasteiger partial charge in [-0.15, -0.1) is 0 Å². The highest BCUT2D eigenvalue weighted by molar-refractivity contribution is 9.09. The third-order valence-electron chi connectivity index (χ3n) is 2.59. The molecular formula is C9H12BrN3O4. The van der Waals surface area contributed by atoms with Gasteiger partial charge in [0, 0.05) is 12.6 Å². The van der Waals surface area contributed by atoms with Gasteiger partial charge in [-0.25, -0.2) is 4.79 Å². The van der Waals surface area contributed by atoms with Gasteiger partial charge in [-0.05, 0) is 22.0 Å². The summed E-state index contributed by atoms with van der Waals surface area (Å²) >= 11 is 3.24. The van der Waals surface area contributed by atoms with E-state index in [1.54, 1.807) is 0 Å². The Bertz CT molecular complexity index is 480. The van der Waals surface area contributed by atoms with Gasteiger partial charge >= 0.3 is 5.69 Å². The molecule has 1 aromatic heterocycles. The fourth-order valence-corrected chi connectivity index (χ4v) is 2.57. The molecule has 0 bridgehead atoms. The molecule has 0 aliphatic carbocycles. The maximum atomic E-state index is 11.7. The maximum absolute atomic E-state index is 11.7. The SMILES string of the molecule is Nc1ccn([C@@]2(Br)C[C@H](O)[C@@H](CO)O2)c(=O)n1. The van der Waals surface area contributed by atoms with Crippen LogP contribution in [-0.2, 0) is 9.37 Å². The number of rotatable bonds is 2. The number of hydrogen-bond donors (Lipinski definition) is 3. The Labute approximate surface area is 105 Å². The van der Waals surface area contributed by atoms with E-state index in [-0.39, 0.29) is 18.8 Å². The van der Waals surface area contributed by atoms with E-state index in [1.165, 1.54) is 16.8 Å². The lowest BCUT2D eigenvalue weighted by Gasteiger charge is -2.23. The number of nitrogen functional groups attached to an aromatic ring is 1. The van der Waals surface area contributed by atoms with Crippen LogP contribution in [0.1, 0.15) is 6.42 Å². The molecule has 4 N–H and O–H groups in total. The maximum Gasteiger partial charge on any atom is 0.352 e. The number of halogens is 1. The first-order valence-corrected chi connectivity index (χ1v) is 5.77. The number of aromatic nitrogens is 2. The third kappa shape index (κ3) is 2.21. The van der Waals surface area contributed by atoms with E-state index in [9.17, 15) is 9.90 Å². The summed E-state index contributed by atoms with van der Waals surface area (Å²) in [5, 5.41) is 18.7. The minimum absolute atomic E-state index is 0.111. The smallest absolute Gasteiger partial charge is 0.352 e. The molecular weight excluding hydrogens is 294 g/mol. The number of nitrogens with two attached hydrogens (primary N) is 1. The van der Waals surface area contributed by atoms with Crippen LogP contribution >= 0.6 is 15.9 Å². The van der Waals surface area contributed by atoms with Crippen molar-refractivity contribution in [3.63, 3.8) is 0 Å². The van der Waals surface area contributed by atoms with E-state index >= 15 is 0 Å². The van der Waals surface area contributed by atoms with Crippen molar-refractivity contribution in [2.24, 2.45) is 0 Å². The second-order valence-corrected chi connectivity index (χ2v) is 5.04. The first kappa shape index (κ1) is 12.5. The van der Waals surface area contributed by atoms with Gasteiger partial charge in [-0.3, -0.25) is 4.57 Å². The van der Waals surface area contributed by atoms with Crippen LogP contribution in [-0.4, -0.2) is 38.6 Å². The summed E-state index contributed by atoms with van der Waals surface area (Å²) < 4.78 is 5.40. The van der Waals surface area contributed by atoms with Gasteiger partial charge in [0.1, 0.15) is 11.9 Å². The standard InChI is InChI=1S/C9H12BrN3O4/c10-9(3-5(15)6(4-14)17-9)13-2-1-7(11)12-8(13)16/h1-2,5-6,14-15H,3-4H2,(H2,11,12,16)/t5-,6+,9-/m0/s1. The van der Waals surface area contributed by atoms with Crippen molar-refractivity contribution < 1.29 is 14.9 Å². The largest absolute Gasteiger partial charge is 0.394 e. The second kappa shape index (κ2) is 4.37. The highest BCUT2D eigenvalue weighted by atomic mass is 79.9. The van der Waals surface area contributed by atoms with Gasteiger partial charge in [0.15, 0.2) is 0 Å². The van der Waals surface area contributed by atoms with Crippen molar-refractivity contribution in [2.75, 3.05) is 12.3 Å². The van der Waals surface area contributed by atoms with Crippen LogP contribution in [0.4, 0.5) is 5.82 Å². The molecule has 1 saturated heterocycles. The molecule has 8 heteroatoms. The highest BCUT2D eigenvalue weighted by Crippen LogP contribution is 2.39. The zero-order valence-electron chi connectivity index (χ0n) is 8.78. The molecule has 1 aliphatic rings. The lowest BCUT2D eigenvalue weighted by Crippen LogP contribution is -2.37. The van der Waals surface area contributed by atoms with Gasteiger partial charge in [-0.1, -0.05) is 0 Å². The zero-order valence-corrected chi connectivity index (χ0v) is 10.4. The average Bonchev–Trinajstić information content (AvgIpc) is 2.54. The molecule has 1 aromatic rings. The van der Waals surface area contributed by atoms with Crippen LogP contribution in [0, 0.1) is 0 Å². The Morgan fingerprint density at radius 1 is 1.76 bits per heavy atom. The number of aliphatic hydroxyl groups excluding tert-OH is 2. The van der Waals surface area contributed by atoms with Gasteiger partial charge in [0.2, 0.25) is 4.63 Å². The highest BCUT2D eigenvalue weighted by Gasteiger charge is 2.46. The van der Waals surface area contributed by atoms with Crippen molar-refractivity contribution in [1.82, 2.24) is 9.55 Å². The first-order valence-electron chi connectivity index (χ1n) is 4.97. The van der Waals surface area contributed by atoms with E-state index in [0.29, 0.717) is 0 Å². The van der Waals surface area contributed by atoms with Crippen LogP contribution in [0.25, 0.3) is 0 Å².